The van der Waals surface area contributed by atoms with Crippen molar-refractivity contribution in [2.45, 2.75) is 66.3 Å². The highest BCUT2D eigenvalue weighted by Crippen LogP contribution is 2.32. The van der Waals surface area contributed by atoms with Crippen LogP contribution in [0.5, 0.6) is 0 Å². The van der Waals surface area contributed by atoms with Crippen LogP contribution in [0.2, 0.25) is 0 Å². The second kappa shape index (κ2) is 9.03. The third kappa shape index (κ3) is 8.71. The van der Waals surface area contributed by atoms with E-state index in [0.29, 0.717) is 25.3 Å². The van der Waals surface area contributed by atoms with Gasteiger partial charge in [-0.3, -0.25) is 4.79 Å². The van der Waals surface area contributed by atoms with Crippen LogP contribution in [0.15, 0.2) is 0 Å². The van der Waals surface area contributed by atoms with Gasteiger partial charge in [-0.1, -0.05) is 34.6 Å². The summed E-state index contributed by atoms with van der Waals surface area (Å²) < 4.78 is 0. The van der Waals surface area contributed by atoms with Gasteiger partial charge in [-0.05, 0) is 43.1 Å². The molecule has 1 unspecified atom stereocenters. The van der Waals surface area contributed by atoms with E-state index in [2.05, 4.69) is 26.1 Å². The summed E-state index contributed by atoms with van der Waals surface area (Å²) in [6, 6.07) is -0.792. The van der Waals surface area contributed by atoms with Crippen molar-refractivity contribution in [2.24, 2.45) is 23.0 Å². The Labute approximate surface area is 128 Å². The number of rotatable bonds is 9. The number of carbonyl (C=O) groups excluding carboxylic acids is 1. The summed E-state index contributed by atoms with van der Waals surface area (Å²) in [5, 5.41) is 11.8. The van der Waals surface area contributed by atoms with Crippen LogP contribution in [-0.4, -0.2) is 29.6 Å². The first-order chi connectivity index (χ1) is 9.57. The molecular formula is C16H32N2O3. The minimum Gasteiger partial charge on any atom is -0.480 e. The summed E-state index contributed by atoms with van der Waals surface area (Å²) in [5.74, 6) is -0.562. The van der Waals surface area contributed by atoms with Gasteiger partial charge < -0.3 is 16.2 Å². The van der Waals surface area contributed by atoms with Gasteiger partial charge in [-0.15, -0.1) is 0 Å². The van der Waals surface area contributed by atoms with Gasteiger partial charge in [0, 0.05) is 6.42 Å². The zero-order chi connectivity index (χ0) is 16.6. The van der Waals surface area contributed by atoms with Crippen molar-refractivity contribution < 1.29 is 14.7 Å². The molecule has 5 heteroatoms. The van der Waals surface area contributed by atoms with Crippen LogP contribution in [0.4, 0.5) is 0 Å². The van der Waals surface area contributed by atoms with Gasteiger partial charge in [0.05, 0.1) is 0 Å². The van der Waals surface area contributed by atoms with Gasteiger partial charge in [-0.2, -0.15) is 0 Å². The summed E-state index contributed by atoms with van der Waals surface area (Å²) in [6.07, 6.45) is 2.42. The number of hydrogen-bond donors (Lipinski definition) is 3. The molecule has 0 aliphatic carbocycles. The molecule has 5 nitrogen and oxygen atoms in total. The molecule has 21 heavy (non-hydrogen) atoms. The van der Waals surface area contributed by atoms with Crippen LogP contribution in [0, 0.1) is 17.3 Å². The van der Waals surface area contributed by atoms with Gasteiger partial charge in [0.2, 0.25) is 5.91 Å². The lowest BCUT2D eigenvalue weighted by Crippen LogP contribution is -2.41. The molecule has 0 aromatic rings. The summed E-state index contributed by atoms with van der Waals surface area (Å²) in [7, 11) is 0. The van der Waals surface area contributed by atoms with Crippen molar-refractivity contribution in [2.75, 3.05) is 6.54 Å². The van der Waals surface area contributed by atoms with Crippen LogP contribution in [0.25, 0.3) is 0 Å². The minimum atomic E-state index is -0.966. The van der Waals surface area contributed by atoms with Gasteiger partial charge in [0.25, 0.3) is 0 Å². The normalized spacial score (nSPS) is 14.8. The SMILES string of the molecule is CC(C)C[C@@H](NC(=O)CCC(CCN)C(C)(C)C)C(=O)O. The van der Waals surface area contributed by atoms with Crippen LogP contribution in [-0.2, 0) is 9.59 Å². The molecule has 0 heterocycles. The molecule has 0 bridgehead atoms. The zero-order valence-corrected chi connectivity index (χ0v) is 14.1. The van der Waals surface area contributed by atoms with E-state index in [1.807, 2.05) is 13.8 Å². The zero-order valence-electron chi connectivity index (χ0n) is 14.1. The molecule has 0 saturated heterocycles. The minimum absolute atomic E-state index is 0.101. The Morgan fingerprint density at radius 2 is 1.76 bits per heavy atom. The van der Waals surface area contributed by atoms with Crippen molar-refractivity contribution in [3.8, 4) is 0 Å². The molecule has 1 amide bonds. The van der Waals surface area contributed by atoms with Crippen molar-refractivity contribution in [1.29, 1.82) is 0 Å². The molecule has 0 aromatic heterocycles. The number of carboxylic acid groups (broad SMARTS) is 1. The monoisotopic (exact) mass is 300 g/mol. The van der Waals surface area contributed by atoms with E-state index in [4.69, 9.17) is 10.8 Å². The maximum absolute atomic E-state index is 12.0. The fourth-order valence-corrected chi connectivity index (χ4v) is 2.48. The standard InChI is InChI=1S/C16H32N2O3/c1-11(2)10-13(15(20)21)18-14(19)7-6-12(8-9-17)16(3,4)5/h11-13H,6-10,17H2,1-5H3,(H,18,19)(H,20,21)/t12?,13-/m1/s1. The Bertz CT molecular complexity index is 335. The molecule has 0 saturated carbocycles. The van der Waals surface area contributed by atoms with Gasteiger partial charge in [-0.25, -0.2) is 4.79 Å². The number of nitrogens with one attached hydrogen (secondary N) is 1. The highest BCUT2D eigenvalue weighted by molar-refractivity contribution is 5.83. The van der Waals surface area contributed by atoms with Crippen LogP contribution in [0.3, 0.4) is 0 Å². The Hall–Kier alpha value is -1.10. The van der Waals surface area contributed by atoms with Gasteiger partial charge in [0.1, 0.15) is 6.04 Å². The molecule has 0 rings (SSSR count). The molecule has 124 valence electrons. The van der Waals surface area contributed by atoms with Crippen molar-refractivity contribution in [3.05, 3.63) is 0 Å². The highest BCUT2D eigenvalue weighted by atomic mass is 16.4. The third-order valence-electron chi connectivity index (χ3n) is 3.80. The Morgan fingerprint density at radius 1 is 1.19 bits per heavy atom. The molecule has 2 atom stereocenters. The number of amides is 1. The van der Waals surface area contributed by atoms with E-state index in [1.54, 1.807) is 0 Å². The van der Waals surface area contributed by atoms with Crippen molar-refractivity contribution >= 4 is 11.9 Å². The maximum atomic E-state index is 12.0. The summed E-state index contributed by atoms with van der Waals surface area (Å²) in [5.41, 5.74) is 5.73. The second-order valence-corrected chi connectivity index (χ2v) is 7.27. The number of hydrogen-bond acceptors (Lipinski definition) is 3. The average Bonchev–Trinajstić information content (AvgIpc) is 2.31. The Balaban J connectivity index is 4.43. The largest absolute Gasteiger partial charge is 0.480 e. The lowest BCUT2D eigenvalue weighted by molar-refractivity contribution is -0.142. The van der Waals surface area contributed by atoms with E-state index in [9.17, 15) is 9.59 Å². The van der Waals surface area contributed by atoms with Crippen LogP contribution >= 0.6 is 0 Å². The fraction of sp³-hybridized carbons (Fsp3) is 0.875. The van der Waals surface area contributed by atoms with Crippen molar-refractivity contribution in [3.63, 3.8) is 0 Å². The summed E-state index contributed by atoms with van der Waals surface area (Å²) in [6.45, 7) is 10.9. The lowest BCUT2D eigenvalue weighted by atomic mass is 9.76. The molecular weight excluding hydrogens is 268 g/mol. The smallest absolute Gasteiger partial charge is 0.326 e. The van der Waals surface area contributed by atoms with Gasteiger partial charge >= 0.3 is 5.97 Å². The first-order valence-electron chi connectivity index (χ1n) is 7.80. The topological polar surface area (TPSA) is 92.4 Å². The number of carbonyl (C=O) groups is 2. The molecule has 4 N–H and O–H groups in total. The number of nitrogens with two attached hydrogens (primary N) is 1. The van der Waals surface area contributed by atoms with Crippen LogP contribution in [0.1, 0.15) is 60.3 Å². The van der Waals surface area contributed by atoms with E-state index < -0.39 is 12.0 Å². The summed E-state index contributed by atoms with van der Waals surface area (Å²) >= 11 is 0. The molecule has 0 radical (unpaired) electrons. The quantitative estimate of drug-likeness (QED) is 0.609. The molecule has 0 aromatic carbocycles. The molecule has 0 spiro atoms. The number of carboxylic acids is 1. The lowest BCUT2D eigenvalue weighted by Gasteiger charge is -2.30. The Morgan fingerprint density at radius 3 is 2.14 bits per heavy atom. The van der Waals surface area contributed by atoms with Crippen LogP contribution < -0.4 is 11.1 Å². The second-order valence-electron chi connectivity index (χ2n) is 7.27. The van der Waals surface area contributed by atoms with E-state index in [-0.39, 0.29) is 17.2 Å². The summed E-state index contributed by atoms with van der Waals surface area (Å²) in [4.78, 5) is 23.1. The Kier molecular flexibility index (Phi) is 8.55. The van der Waals surface area contributed by atoms with E-state index in [1.165, 1.54) is 0 Å². The predicted molar refractivity (Wildman–Crippen MR) is 84.9 cm³/mol. The third-order valence-corrected chi connectivity index (χ3v) is 3.80. The van der Waals surface area contributed by atoms with E-state index >= 15 is 0 Å². The molecule has 0 aliphatic heterocycles. The van der Waals surface area contributed by atoms with E-state index in [0.717, 1.165) is 12.8 Å². The fourth-order valence-electron chi connectivity index (χ4n) is 2.48. The first-order valence-corrected chi connectivity index (χ1v) is 7.80. The van der Waals surface area contributed by atoms with Crippen molar-refractivity contribution in [1.82, 2.24) is 5.32 Å². The molecule has 0 aliphatic rings. The average molecular weight is 300 g/mol. The van der Waals surface area contributed by atoms with Gasteiger partial charge in [0.15, 0.2) is 0 Å². The maximum Gasteiger partial charge on any atom is 0.326 e. The molecule has 0 fully saturated rings. The highest BCUT2D eigenvalue weighted by Gasteiger charge is 2.26. The predicted octanol–water partition coefficient (Wildman–Crippen LogP) is 2.39. The number of aliphatic carboxylic acids is 1. The first kappa shape index (κ1) is 19.9.